The average molecular weight is 226 g/mol. The van der Waals surface area contributed by atoms with Gasteiger partial charge in [0.2, 0.25) is 0 Å². The van der Waals surface area contributed by atoms with E-state index in [1.165, 1.54) is 0 Å². The molecule has 0 spiro atoms. The second kappa shape index (κ2) is 3.69. The molecular weight excluding hydrogens is 210 g/mol. The number of rotatable bonds is 3. The molecule has 1 aliphatic rings. The van der Waals surface area contributed by atoms with Crippen LogP contribution >= 0.6 is 11.6 Å². The van der Waals surface area contributed by atoms with Crippen LogP contribution in [0.3, 0.4) is 0 Å². The van der Waals surface area contributed by atoms with Crippen molar-refractivity contribution in [2.45, 2.75) is 31.7 Å². The highest BCUT2D eigenvalue weighted by molar-refractivity contribution is 6.32. The Bertz CT molecular complexity index is 385. The van der Waals surface area contributed by atoms with Crippen molar-refractivity contribution in [2.75, 3.05) is 7.11 Å². The smallest absolute Gasteiger partial charge is 0.137 e. The summed E-state index contributed by atoms with van der Waals surface area (Å²) in [5, 5.41) is 0.708. The first-order valence-electron chi connectivity index (χ1n) is 5.16. The first-order chi connectivity index (χ1) is 7.04. The quantitative estimate of drug-likeness (QED) is 0.859. The van der Waals surface area contributed by atoms with Gasteiger partial charge in [0, 0.05) is 5.54 Å². The Morgan fingerprint density at radius 1 is 1.47 bits per heavy atom. The molecule has 1 aromatic carbocycles. The van der Waals surface area contributed by atoms with Gasteiger partial charge in [-0.05, 0) is 43.4 Å². The zero-order valence-electron chi connectivity index (χ0n) is 9.14. The van der Waals surface area contributed by atoms with Crippen LogP contribution in [-0.2, 0) is 6.42 Å². The van der Waals surface area contributed by atoms with E-state index in [4.69, 9.17) is 22.1 Å². The third-order valence-corrected chi connectivity index (χ3v) is 3.34. The zero-order chi connectivity index (χ0) is 11.1. The summed E-state index contributed by atoms with van der Waals surface area (Å²) in [6, 6.07) is 4.04. The molecule has 15 heavy (non-hydrogen) atoms. The lowest BCUT2D eigenvalue weighted by atomic mass is 10.0. The predicted molar refractivity (Wildman–Crippen MR) is 62.6 cm³/mol. The molecule has 3 heteroatoms. The van der Waals surface area contributed by atoms with Crippen LogP contribution in [0.25, 0.3) is 0 Å². The molecule has 0 heterocycles. The lowest BCUT2D eigenvalue weighted by Crippen LogP contribution is -2.24. The van der Waals surface area contributed by atoms with Crippen molar-refractivity contribution < 1.29 is 4.74 Å². The van der Waals surface area contributed by atoms with Crippen LogP contribution in [0.4, 0.5) is 0 Å². The van der Waals surface area contributed by atoms with Crippen molar-refractivity contribution in [3.8, 4) is 5.75 Å². The highest BCUT2D eigenvalue weighted by Gasteiger charge is 2.38. The number of aryl methyl sites for hydroxylation is 1. The molecule has 82 valence electrons. The van der Waals surface area contributed by atoms with Crippen molar-refractivity contribution in [3.63, 3.8) is 0 Å². The maximum Gasteiger partial charge on any atom is 0.137 e. The number of hydrogen-bond acceptors (Lipinski definition) is 2. The zero-order valence-corrected chi connectivity index (χ0v) is 9.90. The van der Waals surface area contributed by atoms with E-state index in [-0.39, 0.29) is 5.54 Å². The molecule has 1 fully saturated rings. The van der Waals surface area contributed by atoms with E-state index in [9.17, 15) is 0 Å². The van der Waals surface area contributed by atoms with E-state index in [1.807, 2.05) is 13.0 Å². The fourth-order valence-electron chi connectivity index (χ4n) is 1.80. The van der Waals surface area contributed by atoms with Gasteiger partial charge < -0.3 is 10.5 Å². The number of methoxy groups -OCH3 is 1. The Hall–Kier alpha value is -0.730. The molecule has 0 amide bonds. The Morgan fingerprint density at radius 2 is 2.13 bits per heavy atom. The molecule has 1 aromatic rings. The summed E-state index contributed by atoms with van der Waals surface area (Å²) in [5.41, 5.74) is 8.35. The summed E-state index contributed by atoms with van der Waals surface area (Å²) in [5.74, 6) is 0.746. The molecule has 0 unspecified atom stereocenters. The third-order valence-electron chi connectivity index (χ3n) is 2.91. The van der Waals surface area contributed by atoms with Crippen molar-refractivity contribution >= 4 is 11.6 Å². The van der Waals surface area contributed by atoms with Gasteiger partial charge in [-0.2, -0.15) is 0 Å². The number of halogens is 1. The number of hydrogen-bond donors (Lipinski definition) is 1. The predicted octanol–water partition coefficient (Wildman–Crippen LogP) is 2.69. The molecule has 0 aromatic heterocycles. The summed E-state index contributed by atoms with van der Waals surface area (Å²) in [6.07, 6.45) is 3.04. The topological polar surface area (TPSA) is 35.2 Å². The van der Waals surface area contributed by atoms with Gasteiger partial charge in [-0.3, -0.25) is 0 Å². The molecule has 1 saturated carbocycles. The van der Waals surface area contributed by atoms with E-state index in [1.54, 1.807) is 7.11 Å². The summed E-state index contributed by atoms with van der Waals surface area (Å²) in [6.45, 7) is 2.04. The molecule has 0 saturated heterocycles. The molecule has 2 rings (SSSR count). The number of nitrogens with two attached hydrogens (primary N) is 1. The van der Waals surface area contributed by atoms with Gasteiger partial charge in [0.1, 0.15) is 5.75 Å². The second-order valence-electron chi connectivity index (χ2n) is 4.48. The standard InChI is InChI=1S/C12H16ClNO/c1-8-5-9(7-12(14)3-4-12)11(13)10(6-8)15-2/h5-6H,3-4,7,14H2,1-2H3. The van der Waals surface area contributed by atoms with E-state index >= 15 is 0 Å². The van der Waals surface area contributed by atoms with Gasteiger partial charge in [0.25, 0.3) is 0 Å². The van der Waals surface area contributed by atoms with Gasteiger partial charge in [-0.1, -0.05) is 17.7 Å². The van der Waals surface area contributed by atoms with Crippen LogP contribution in [-0.4, -0.2) is 12.6 Å². The van der Waals surface area contributed by atoms with Crippen LogP contribution in [0.2, 0.25) is 5.02 Å². The summed E-state index contributed by atoms with van der Waals surface area (Å²) >= 11 is 6.23. The molecule has 2 N–H and O–H groups in total. The number of ether oxygens (including phenoxy) is 1. The van der Waals surface area contributed by atoms with E-state index in [0.717, 1.165) is 36.1 Å². The molecule has 2 nitrogen and oxygen atoms in total. The average Bonchev–Trinajstić information content (AvgIpc) is 2.89. The van der Waals surface area contributed by atoms with Crippen molar-refractivity contribution in [3.05, 3.63) is 28.3 Å². The highest BCUT2D eigenvalue weighted by atomic mass is 35.5. The maximum absolute atomic E-state index is 6.23. The van der Waals surface area contributed by atoms with Crippen molar-refractivity contribution in [2.24, 2.45) is 5.73 Å². The second-order valence-corrected chi connectivity index (χ2v) is 4.86. The van der Waals surface area contributed by atoms with Crippen LogP contribution in [0.15, 0.2) is 12.1 Å². The fraction of sp³-hybridized carbons (Fsp3) is 0.500. The molecule has 0 bridgehead atoms. The monoisotopic (exact) mass is 225 g/mol. The van der Waals surface area contributed by atoms with Gasteiger partial charge in [0.15, 0.2) is 0 Å². The lowest BCUT2D eigenvalue weighted by molar-refractivity contribution is 0.414. The molecule has 0 radical (unpaired) electrons. The van der Waals surface area contributed by atoms with E-state index < -0.39 is 0 Å². The first-order valence-corrected chi connectivity index (χ1v) is 5.54. The fourth-order valence-corrected chi connectivity index (χ4v) is 2.06. The van der Waals surface area contributed by atoms with Crippen molar-refractivity contribution in [1.82, 2.24) is 0 Å². The third kappa shape index (κ3) is 2.27. The van der Waals surface area contributed by atoms with Gasteiger partial charge in [-0.25, -0.2) is 0 Å². The highest BCUT2D eigenvalue weighted by Crippen LogP contribution is 2.39. The minimum Gasteiger partial charge on any atom is -0.495 e. The Morgan fingerprint density at radius 3 is 2.67 bits per heavy atom. The van der Waals surface area contributed by atoms with E-state index in [0.29, 0.717) is 5.02 Å². The molecule has 0 atom stereocenters. The maximum atomic E-state index is 6.23. The van der Waals surface area contributed by atoms with Gasteiger partial charge in [-0.15, -0.1) is 0 Å². The van der Waals surface area contributed by atoms with E-state index in [2.05, 4.69) is 6.07 Å². The van der Waals surface area contributed by atoms with Crippen LogP contribution in [0.5, 0.6) is 5.75 Å². The largest absolute Gasteiger partial charge is 0.495 e. The first kappa shape index (κ1) is 10.8. The minimum absolute atomic E-state index is 0.0115. The normalized spacial score (nSPS) is 17.6. The van der Waals surface area contributed by atoms with Crippen molar-refractivity contribution in [1.29, 1.82) is 0 Å². The van der Waals surface area contributed by atoms with Gasteiger partial charge >= 0.3 is 0 Å². The van der Waals surface area contributed by atoms with Gasteiger partial charge in [0.05, 0.1) is 12.1 Å². The van der Waals surface area contributed by atoms with Crippen LogP contribution < -0.4 is 10.5 Å². The molecule has 0 aliphatic heterocycles. The van der Waals surface area contributed by atoms with Crippen LogP contribution in [0, 0.1) is 6.92 Å². The Balaban J connectivity index is 2.32. The Kier molecular flexibility index (Phi) is 2.65. The van der Waals surface area contributed by atoms with Crippen LogP contribution in [0.1, 0.15) is 24.0 Å². The lowest BCUT2D eigenvalue weighted by Gasteiger charge is -2.13. The summed E-state index contributed by atoms with van der Waals surface area (Å²) in [4.78, 5) is 0. The minimum atomic E-state index is -0.0115. The SMILES string of the molecule is COc1cc(C)cc(CC2(N)CC2)c1Cl. The summed E-state index contributed by atoms with van der Waals surface area (Å²) in [7, 11) is 1.64. The Labute approximate surface area is 95.4 Å². The number of benzene rings is 1. The molecule has 1 aliphatic carbocycles. The summed E-state index contributed by atoms with van der Waals surface area (Å²) < 4.78 is 5.23. The molecular formula is C12H16ClNO.